The largest absolute Gasteiger partial charge is 0.394 e. The molecule has 1 fully saturated rings. The van der Waals surface area contributed by atoms with Gasteiger partial charge in [-0.2, -0.15) is 0 Å². The van der Waals surface area contributed by atoms with Gasteiger partial charge in [0.2, 0.25) is 4.77 Å². The van der Waals surface area contributed by atoms with Crippen LogP contribution in [0.1, 0.15) is 6.23 Å². The summed E-state index contributed by atoms with van der Waals surface area (Å²) in [7, 11) is 0. The second kappa shape index (κ2) is 7.34. The number of benzene rings is 2. The summed E-state index contributed by atoms with van der Waals surface area (Å²) in [5.74, 6) is 0.588. The van der Waals surface area contributed by atoms with Crippen molar-refractivity contribution in [1.29, 1.82) is 0 Å². The van der Waals surface area contributed by atoms with E-state index in [1.54, 1.807) is 4.57 Å². The van der Waals surface area contributed by atoms with Crippen LogP contribution >= 0.6 is 12.2 Å². The normalized spacial score (nSPS) is 25.0. The monoisotopic (exact) mass is 385 g/mol. The van der Waals surface area contributed by atoms with E-state index in [4.69, 9.17) is 17.0 Å². The first-order valence-corrected chi connectivity index (χ1v) is 8.97. The molecule has 3 aromatic rings. The summed E-state index contributed by atoms with van der Waals surface area (Å²) in [6.07, 6.45) is -4.36. The van der Waals surface area contributed by atoms with Crippen molar-refractivity contribution < 1.29 is 20.1 Å². The van der Waals surface area contributed by atoms with Crippen LogP contribution in [-0.4, -0.2) is 54.6 Å². The maximum absolute atomic E-state index is 10.4. The molecule has 0 bridgehead atoms. The lowest BCUT2D eigenvalue weighted by molar-refractivity contribution is -0.0594. The van der Waals surface area contributed by atoms with Crippen molar-refractivity contribution in [3.63, 3.8) is 0 Å². The van der Waals surface area contributed by atoms with Gasteiger partial charge < -0.3 is 20.1 Å². The van der Waals surface area contributed by atoms with E-state index in [1.165, 1.54) is 4.68 Å². The Morgan fingerprint density at radius 1 is 0.963 bits per heavy atom. The van der Waals surface area contributed by atoms with Crippen LogP contribution in [0, 0.1) is 4.77 Å². The number of nitrogens with zero attached hydrogens (tertiary/aromatic N) is 3. The number of aromatic nitrogens is 3. The number of hydrogen-bond acceptors (Lipinski definition) is 6. The Kier molecular flexibility index (Phi) is 4.90. The number of rotatable bonds is 4. The first-order valence-electron chi connectivity index (χ1n) is 8.56. The predicted molar refractivity (Wildman–Crippen MR) is 101 cm³/mol. The van der Waals surface area contributed by atoms with Crippen LogP contribution < -0.4 is 0 Å². The highest BCUT2D eigenvalue weighted by Gasteiger charge is 2.44. The molecule has 2 heterocycles. The lowest BCUT2D eigenvalue weighted by atomic mass is 10.1. The van der Waals surface area contributed by atoms with Gasteiger partial charge in [-0.15, -0.1) is 5.10 Å². The average Bonchev–Trinajstić information content (AvgIpc) is 3.20. The van der Waals surface area contributed by atoms with Crippen molar-refractivity contribution >= 4 is 12.2 Å². The molecule has 4 rings (SSSR count). The van der Waals surface area contributed by atoms with E-state index < -0.39 is 31.1 Å². The van der Waals surface area contributed by atoms with Crippen LogP contribution in [0.3, 0.4) is 0 Å². The quantitative estimate of drug-likeness (QED) is 0.592. The minimum atomic E-state index is -1.25. The molecular formula is C19H19N3O4S. The molecule has 7 nitrogen and oxygen atoms in total. The summed E-state index contributed by atoms with van der Waals surface area (Å²) >= 11 is 5.63. The van der Waals surface area contributed by atoms with Gasteiger partial charge in [0.05, 0.1) is 6.61 Å². The molecule has 1 aromatic heterocycles. The Hall–Kier alpha value is -2.36. The van der Waals surface area contributed by atoms with Crippen molar-refractivity contribution in [2.24, 2.45) is 0 Å². The SMILES string of the molecule is OCC1OC(n2nc(-c3ccccc3)n(-c3ccccc3)c2=S)C(O)C1O. The zero-order valence-electron chi connectivity index (χ0n) is 14.3. The van der Waals surface area contributed by atoms with E-state index in [-0.39, 0.29) is 0 Å². The molecule has 3 N–H and O–H groups in total. The second-order valence-electron chi connectivity index (χ2n) is 6.32. The highest BCUT2D eigenvalue weighted by atomic mass is 32.1. The van der Waals surface area contributed by atoms with Crippen LogP contribution in [0.2, 0.25) is 0 Å². The molecular weight excluding hydrogens is 366 g/mol. The summed E-state index contributed by atoms with van der Waals surface area (Å²) in [5, 5.41) is 34.4. The molecule has 2 aromatic carbocycles. The summed E-state index contributed by atoms with van der Waals surface area (Å²) in [6, 6.07) is 19.1. The van der Waals surface area contributed by atoms with Gasteiger partial charge in [0.15, 0.2) is 12.1 Å². The molecule has 1 saturated heterocycles. The summed E-state index contributed by atoms with van der Waals surface area (Å²) in [5.41, 5.74) is 1.66. The molecule has 4 atom stereocenters. The van der Waals surface area contributed by atoms with E-state index in [1.807, 2.05) is 60.7 Å². The van der Waals surface area contributed by atoms with Crippen LogP contribution in [0.25, 0.3) is 17.1 Å². The first kappa shape index (κ1) is 18.0. The molecule has 0 spiro atoms. The second-order valence-corrected chi connectivity index (χ2v) is 6.68. The fraction of sp³-hybridized carbons (Fsp3) is 0.263. The number of para-hydroxylation sites is 1. The van der Waals surface area contributed by atoms with Crippen molar-refractivity contribution in [2.75, 3.05) is 6.61 Å². The molecule has 1 aliphatic rings. The van der Waals surface area contributed by atoms with Gasteiger partial charge in [-0.25, -0.2) is 4.68 Å². The maximum atomic E-state index is 10.4. The number of aliphatic hydroxyl groups is 3. The number of ether oxygens (including phenoxy) is 1. The van der Waals surface area contributed by atoms with Gasteiger partial charge in [0.1, 0.15) is 18.3 Å². The highest BCUT2D eigenvalue weighted by Crippen LogP contribution is 2.31. The Labute approximate surface area is 160 Å². The van der Waals surface area contributed by atoms with Crippen molar-refractivity contribution in [3.8, 4) is 17.1 Å². The first-order chi connectivity index (χ1) is 13.1. The van der Waals surface area contributed by atoms with E-state index in [9.17, 15) is 15.3 Å². The zero-order chi connectivity index (χ0) is 19.0. The Morgan fingerprint density at radius 2 is 1.59 bits per heavy atom. The number of aliphatic hydroxyl groups excluding tert-OH is 3. The lowest BCUT2D eigenvalue weighted by Crippen LogP contribution is -2.33. The summed E-state index contributed by atoms with van der Waals surface area (Å²) in [4.78, 5) is 0. The number of hydrogen-bond donors (Lipinski definition) is 3. The van der Waals surface area contributed by atoms with Gasteiger partial charge in [-0.3, -0.25) is 4.57 Å². The molecule has 1 aliphatic heterocycles. The van der Waals surface area contributed by atoms with Gasteiger partial charge >= 0.3 is 0 Å². The molecule has 8 heteroatoms. The maximum Gasteiger partial charge on any atom is 0.205 e. The van der Waals surface area contributed by atoms with Gasteiger partial charge in [-0.05, 0) is 24.4 Å². The van der Waals surface area contributed by atoms with Crippen molar-refractivity contribution in [2.45, 2.75) is 24.5 Å². The van der Waals surface area contributed by atoms with Crippen LogP contribution in [-0.2, 0) is 4.74 Å². The van der Waals surface area contributed by atoms with E-state index in [0.29, 0.717) is 10.6 Å². The lowest BCUT2D eigenvalue weighted by Gasteiger charge is -2.14. The minimum Gasteiger partial charge on any atom is -0.394 e. The van der Waals surface area contributed by atoms with E-state index >= 15 is 0 Å². The molecule has 140 valence electrons. The van der Waals surface area contributed by atoms with Crippen molar-refractivity contribution in [1.82, 2.24) is 14.3 Å². The van der Waals surface area contributed by atoms with Gasteiger partial charge in [0.25, 0.3) is 0 Å². The third kappa shape index (κ3) is 3.11. The fourth-order valence-corrected chi connectivity index (χ4v) is 3.55. The standard InChI is InChI=1S/C19H19N3O4S/c23-11-14-15(24)16(25)18(26-14)22-19(27)21(13-9-5-2-6-10-13)17(20-22)12-7-3-1-4-8-12/h1-10,14-16,18,23-25H,11H2. The summed E-state index contributed by atoms with van der Waals surface area (Å²) < 4.78 is 9.10. The topological polar surface area (TPSA) is 92.7 Å². The zero-order valence-corrected chi connectivity index (χ0v) is 15.1. The molecule has 0 radical (unpaired) electrons. The van der Waals surface area contributed by atoms with E-state index in [0.717, 1.165) is 11.3 Å². The molecule has 4 unspecified atom stereocenters. The Morgan fingerprint density at radius 3 is 2.19 bits per heavy atom. The minimum absolute atomic E-state index is 0.315. The molecule has 0 aliphatic carbocycles. The molecule has 0 amide bonds. The third-order valence-electron chi connectivity index (χ3n) is 4.61. The van der Waals surface area contributed by atoms with Crippen molar-refractivity contribution in [3.05, 3.63) is 65.4 Å². The van der Waals surface area contributed by atoms with Gasteiger partial charge in [-0.1, -0.05) is 48.5 Å². The molecule has 27 heavy (non-hydrogen) atoms. The third-order valence-corrected chi connectivity index (χ3v) is 4.98. The van der Waals surface area contributed by atoms with E-state index in [2.05, 4.69) is 5.10 Å². The van der Waals surface area contributed by atoms with Crippen LogP contribution in [0.4, 0.5) is 0 Å². The fourth-order valence-electron chi connectivity index (χ4n) is 3.21. The van der Waals surface area contributed by atoms with Crippen LogP contribution in [0.15, 0.2) is 60.7 Å². The Balaban J connectivity index is 1.88. The average molecular weight is 385 g/mol. The molecule has 0 saturated carbocycles. The predicted octanol–water partition coefficient (Wildman–Crippen LogP) is 1.68. The Bertz CT molecular complexity index is 974. The van der Waals surface area contributed by atoms with Crippen LogP contribution in [0.5, 0.6) is 0 Å². The summed E-state index contributed by atoms with van der Waals surface area (Å²) in [6.45, 7) is -0.410. The highest BCUT2D eigenvalue weighted by molar-refractivity contribution is 7.71. The van der Waals surface area contributed by atoms with Gasteiger partial charge in [0, 0.05) is 11.3 Å². The smallest absolute Gasteiger partial charge is 0.205 e.